The molecule has 1 aliphatic rings. The highest BCUT2D eigenvalue weighted by molar-refractivity contribution is 5.75. The summed E-state index contributed by atoms with van der Waals surface area (Å²) < 4.78 is 1.83. The van der Waals surface area contributed by atoms with Crippen molar-refractivity contribution in [2.45, 2.75) is 18.5 Å². The van der Waals surface area contributed by atoms with Crippen LogP contribution in [0.25, 0.3) is 0 Å². The molecule has 1 atom stereocenters. The van der Waals surface area contributed by atoms with Crippen LogP contribution in [0.15, 0.2) is 73.1 Å². The molecule has 3 aromatic rings. The third kappa shape index (κ3) is 3.44. The van der Waals surface area contributed by atoms with E-state index in [0.29, 0.717) is 13.1 Å². The normalized spacial score (nSPS) is 16.8. The Balaban J connectivity index is 1.50. The van der Waals surface area contributed by atoms with Gasteiger partial charge in [-0.15, -0.1) is 5.10 Å². The minimum absolute atomic E-state index is 0.0506. The number of carbonyl (C=O) groups is 1. The fourth-order valence-electron chi connectivity index (χ4n) is 3.42. The minimum Gasteiger partial charge on any atom is -0.327 e. The number of urea groups is 1. The molecule has 4 rings (SSSR count). The Kier molecular flexibility index (Phi) is 4.64. The first-order valence-electron chi connectivity index (χ1n) is 8.82. The van der Waals surface area contributed by atoms with Crippen LogP contribution in [0.1, 0.15) is 29.6 Å². The highest BCUT2D eigenvalue weighted by atomic mass is 16.2. The van der Waals surface area contributed by atoms with E-state index in [4.69, 9.17) is 0 Å². The van der Waals surface area contributed by atoms with Gasteiger partial charge in [0.1, 0.15) is 0 Å². The molecule has 2 heterocycles. The Bertz CT molecular complexity index is 796. The number of hydrogen-bond donors (Lipinski definition) is 1. The van der Waals surface area contributed by atoms with Gasteiger partial charge in [-0.1, -0.05) is 65.9 Å². The summed E-state index contributed by atoms with van der Waals surface area (Å²) in [5.74, 6) is 0. The monoisotopic (exact) mass is 347 g/mol. The standard InChI is InChI=1S/C20H21N5O/c26-20(24-13-11-18(15-24)25-14-12-21-23-25)22-19(16-7-3-1-4-8-16)17-9-5-2-6-10-17/h1-10,12,14,18-19H,11,13,15H2,(H,22,26). The Labute approximate surface area is 152 Å². The van der Waals surface area contributed by atoms with Crippen molar-refractivity contribution >= 4 is 6.03 Å². The largest absolute Gasteiger partial charge is 0.327 e. The molecule has 0 aliphatic carbocycles. The zero-order valence-corrected chi connectivity index (χ0v) is 14.4. The second kappa shape index (κ2) is 7.39. The van der Waals surface area contributed by atoms with Gasteiger partial charge in [-0.25, -0.2) is 9.48 Å². The van der Waals surface area contributed by atoms with E-state index in [1.54, 1.807) is 6.20 Å². The van der Waals surface area contributed by atoms with Gasteiger partial charge in [-0.2, -0.15) is 0 Å². The number of rotatable bonds is 4. The lowest BCUT2D eigenvalue weighted by Gasteiger charge is -2.24. The fourth-order valence-corrected chi connectivity index (χ4v) is 3.42. The van der Waals surface area contributed by atoms with E-state index in [2.05, 4.69) is 15.6 Å². The number of carbonyl (C=O) groups excluding carboxylic acids is 1. The van der Waals surface area contributed by atoms with Gasteiger partial charge in [0.05, 0.1) is 18.3 Å². The first-order valence-corrected chi connectivity index (χ1v) is 8.82. The van der Waals surface area contributed by atoms with Crippen LogP contribution in [0.2, 0.25) is 0 Å². The van der Waals surface area contributed by atoms with Crippen molar-refractivity contribution in [1.82, 2.24) is 25.2 Å². The number of benzene rings is 2. The van der Waals surface area contributed by atoms with Crippen molar-refractivity contribution in [3.05, 3.63) is 84.2 Å². The highest BCUT2D eigenvalue weighted by Gasteiger charge is 2.29. The summed E-state index contributed by atoms with van der Waals surface area (Å²) in [5.41, 5.74) is 2.14. The number of hydrogen-bond acceptors (Lipinski definition) is 3. The van der Waals surface area contributed by atoms with Crippen LogP contribution in [0.3, 0.4) is 0 Å². The summed E-state index contributed by atoms with van der Waals surface area (Å²) in [6.45, 7) is 1.36. The van der Waals surface area contributed by atoms with Gasteiger partial charge in [-0.3, -0.25) is 0 Å². The SMILES string of the molecule is O=C(NC(c1ccccc1)c1ccccc1)N1CCC(n2ccnn2)C1. The summed E-state index contributed by atoms with van der Waals surface area (Å²) in [4.78, 5) is 14.7. The number of likely N-dealkylation sites (tertiary alicyclic amines) is 1. The van der Waals surface area contributed by atoms with E-state index in [0.717, 1.165) is 17.5 Å². The van der Waals surface area contributed by atoms with Gasteiger partial charge in [0.15, 0.2) is 0 Å². The van der Waals surface area contributed by atoms with Gasteiger partial charge >= 0.3 is 6.03 Å². The molecular formula is C20H21N5O. The Morgan fingerprint density at radius 1 is 1.04 bits per heavy atom. The average Bonchev–Trinajstić information content (AvgIpc) is 3.39. The molecule has 0 spiro atoms. The molecular weight excluding hydrogens is 326 g/mol. The molecule has 1 N–H and O–H groups in total. The molecule has 6 nitrogen and oxygen atoms in total. The molecule has 0 bridgehead atoms. The molecule has 1 saturated heterocycles. The summed E-state index contributed by atoms with van der Waals surface area (Å²) >= 11 is 0. The van der Waals surface area contributed by atoms with Gasteiger partial charge in [0.2, 0.25) is 0 Å². The van der Waals surface area contributed by atoms with Crippen molar-refractivity contribution in [3.8, 4) is 0 Å². The van der Waals surface area contributed by atoms with Crippen molar-refractivity contribution in [1.29, 1.82) is 0 Å². The lowest BCUT2D eigenvalue weighted by Crippen LogP contribution is -2.40. The van der Waals surface area contributed by atoms with Crippen molar-refractivity contribution in [3.63, 3.8) is 0 Å². The first-order chi connectivity index (χ1) is 12.8. The zero-order valence-electron chi connectivity index (χ0n) is 14.4. The van der Waals surface area contributed by atoms with E-state index in [9.17, 15) is 4.79 Å². The molecule has 26 heavy (non-hydrogen) atoms. The van der Waals surface area contributed by atoms with Crippen LogP contribution >= 0.6 is 0 Å². The second-order valence-corrected chi connectivity index (χ2v) is 6.48. The first kappa shape index (κ1) is 16.3. The van der Waals surface area contributed by atoms with E-state index in [-0.39, 0.29) is 18.1 Å². The van der Waals surface area contributed by atoms with Crippen LogP contribution in [-0.4, -0.2) is 39.0 Å². The zero-order chi connectivity index (χ0) is 17.8. The van der Waals surface area contributed by atoms with Gasteiger partial charge in [-0.05, 0) is 17.5 Å². The number of nitrogens with one attached hydrogen (secondary N) is 1. The van der Waals surface area contributed by atoms with Crippen molar-refractivity contribution in [2.24, 2.45) is 0 Å². The summed E-state index contributed by atoms with van der Waals surface area (Å²) in [6, 6.07) is 20.1. The molecule has 0 saturated carbocycles. The summed E-state index contributed by atoms with van der Waals surface area (Å²) in [7, 11) is 0. The smallest absolute Gasteiger partial charge is 0.318 e. The molecule has 132 valence electrons. The van der Waals surface area contributed by atoms with E-state index >= 15 is 0 Å². The van der Waals surface area contributed by atoms with E-state index in [1.807, 2.05) is 76.4 Å². The van der Waals surface area contributed by atoms with Crippen LogP contribution in [-0.2, 0) is 0 Å². The third-order valence-electron chi connectivity index (χ3n) is 4.80. The van der Waals surface area contributed by atoms with Gasteiger partial charge in [0, 0.05) is 19.3 Å². The average molecular weight is 347 g/mol. The van der Waals surface area contributed by atoms with Crippen LogP contribution in [0.5, 0.6) is 0 Å². The minimum atomic E-state index is -0.171. The number of nitrogens with zero attached hydrogens (tertiary/aromatic N) is 4. The van der Waals surface area contributed by atoms with Gasteiger partial charge < -0.3 is 10.2 Å². The maximum atomic E-state index is 12.9. The third-order valence-corrected chi connectivity index (χ3v) is 4.80. The molecule has 2 aromatic carbocycles. The summed E-state index contributed by atoms with van der Waals surface area (Å²) in [6.07, 6.45) is 4.41. The molecule has 1 unspecified atom stereocenters. The molecule has 1 aliphatic heterocycles. The van der Waals surface area contributed by atoms with Crippen LogP contribution in [0, 0.1) is 0 Å². The Hall–Kier alpha value is -3.15. The quantitative estimate of drug-likeness (QED) is 0.789. The predicted octanol–water partition coefficient (Wildman–Crippen LogP) is 3.02. The van der Waals surface area contributed by atoms with Crippen LogP contribution in [0.4, 0.5) is 4.79 Å². The Morgan fingerprint density at radius 3 is 2.27 bits per heavy atom. The van der Waals surface area contributed by atoms with Crippen molar-refractivity contribution in [2.75, 3.05) is 13.1 Å². The number of amides is 2. The van der Waals surface area contributed by atoms with E-state index in [1.165, 1.54) is 0 Å². The fraction of sp³-hybridized carbons (Fsp3) is 0.250. The molecule has 0 radical (unpaired) electrons. The van der Waals surface area contributed by atoms with Gasteiger partial charge in [0.25, 0.3) is 0 Å². The topological polar surface area (TPSA) is 63.1 Å². The molecule has 6 heteroatoms. The lowest BCUT2D eigenvalue weighted by molar-refractivity contribution is 0.204. The maximum absolute atomic E-state index is 12.9. The molecule has 1 fully saturated rings. The molecule has 1 aromatic heterocycles. The summed E-state index contributed by atoms with van der Waals surface area (Å²) in [5, 5.41) is 11.1. The molecule has 2 amide bonds. The predicted molar refractivity (Wildman–Crippen MR) is 98.5 cm³/mol. The van der Waals surface area contributed by atoms with E-state index < -0.39 is 0 Å². The maximum Gasteiger partial charge on any atom is 0.318 e. The lowest BCUT2D eigenvalue weighted by atomic mass is 9.99. The Morgan fingerprint density at radius 2 is 1.69 bits per heavy atom. The second-order valence-electron chi connectivity index (χ2n) is 6.48. The number of aromatic nitrogens is 3. The van der Waals surface area contributed by atoms with Crippen molar-refractivity contribution < 1.29 is 4.79 Å². The highest BCUT2D eigenvalue weighted by Crippen LogP contribution is 2.24. The van der Waals surface area contributed by atoms with Crippen LogP contribution < -0.4 is 5.32 Å².